The van der Waals surface area contributed by atoms with E-state index in [9.17, 15) is 15.2 Å². The fourth-order valence-electron chi connectivity index (χ4n) is 2.82. The van der Waals surface area contributed by atoms with Crippen LogP contribution in [0.3, 0.4) is 0 Å². The van der Waals surface area contributed by atoms with Gasteiger partial charge in [0.2, 0.25) is 0 Å². The molecule has 0 saturated heterocycles. The molecule has 116 valence electrons. The Morgan fingerprint density at radius 2 is 2.00 bits per heavy atom. The summed E-state index contributed by atoms with van der Waals surface area (Å²) in [6.45, 7) is 0.827. The van der Waals surface area contributed by atoms with Gasteiger partial charge in [-0.1, -0.05) is 12.8 Å². The zero-order valence-corrected chi connectivity index (χ0v) is 11.8. The second kappa shape index (κ2) is 7.19. The van der Waals surface area contributed by atoms with Crippen LogP contribution in [0.5, 0.6) is 0 Å². The summed E-state index contributed by atoms with van der Waals surface area (Å²) in [6, 6.07) is 2.67. The summed E-state index contributed by atoms with van der Waals surface area (Å²) in [4.78, 5) is 14.5. The van der Waals surface area contributed by atoms with Gasteiger partial charge in [-0.25, -0.2) is 10.8 Å². The molecule has 1 aromatic heterocycles. The van der Waals surface area contributed by atoms with Crippen molar-refractivity contribution in [3.05, 3.63) is 22.2 Å². The number of pyridine rings is 1. The molecule has 0 amide bonds. The first kappa shape index (κ1) is 15.5. The van der Waals surface area contributed by atoms with Gasteiger partial charge in [0, 0.05) is 13.2 Å². The summed E-state index contributed by atoms with van der Waals surface area (Å²) in [5, 5.41) is 23.4. The highest BCUT2D eigenvalue weighted by Gasteiger charge is 2.24. The van der Waals surface area contributed by atoms with Crippen molar-refractivity contribution in [1.82, 2.24) is 4.98 Å². The van der Waals surface area contributed by atoms with E-state index in [0.717, 1.165) is 25.7 Å². The molecule has 21 heavy (non-hydrogen) atoms. The van der Waals surface area contributed by atoms with Gasteiger partial charge < -0.3 is 15.8 Å². The van der Waals surface area contributed by atoms with Crippen LogP contribution in [0.15, 0.2) is 12.1 Å². The summed E-state index contributed by atoms with van der Waals surface area (Å²) in [6.07, 6.45) is 4.38. The number of anilines is 2. The lowest BCUT2D eigenvalue weighted by Gasteiger charge is -2.30. The third kappa shape index (κ3) is 4.02. The Hall–Kier alpha value is -1.93. The van der Waals surface area contributed by atoms with Crippen LogP contribution in [-0.4, -0.2) is 28.2 Å². The lowest BCUT2D eigenvalue weighted by atomic mass is 9.79. The molecule has 1 saturated carbocycles. The number of hydrogen-bond acceptors (Lipinski definition) is 7. The van der Waals surface area contributed by atoms with Gasteiger partial charge >= 0.3 is 0 Å². The maximum absolute atomic E-state index is 10.9. The number of hydrogen-bond donors (Lipinski definition) is 4. The first-order valence-corrected chi connectivity index (χ1v) is 7.12. The average molecular weight is 295 g/mol. The fraction of sp³-hybridized carbons (Fsp3) is 0.615. The lowest BCUT2D eigenvalue weighted by molar-refractivity contribution is -0.384. The van der Waals surface area contributed by atoms with Crippen LogP contribution in [0.2, 0.25) is 0 Å². The Morgan fingerprint density at radius 1 is 1.33 bits per heavy atom. The SMILES string of the molecule is NNc1cc([N+](=O)[O-])cc(NCC2CCCCC2CO)n1. The second-order valence-corrected chi connectivity index (χ2v) is 5.37. The maximum Gasteiger partial charge on any atom is 0.276 e. The number of nitrogens with one attached hydrogen (secondary N) is 2. The second-order valence-electron chi connectivity index (χ2n) is 5.37. The van der Waals surface area contributed by atoms with Gasteiger partial charge in [0.15, 0.2) is 0 Å². The Labute approximate surface area is 122 Å². The van der Waals surface area contributed by atoms with Gasteiger partial charge in [0.1, 0.15) is 11.6 Å². The highest BCUT2D eigenvalue weighted by atomic mass is 16.6. The molecule has 0 aliphatic heterocycles. The van der Waals surface area contributed by atoms with Gasteiger partial charge in [-0.15, -0.1) is 0 Å². The molecular formula is C13H21N5O3. The highest BCUT2D eigenvalue weighted by molar-refractivity contribution is 5.54. The van der Waals surface area contributed by atoms with Crippen LogP contribution in [0.25, 0.3) is 0 Å². The van der Waals surface area contributed by atoms with Gasteiger partial charge in [0.25, 0.3) is 5.69 Å². The van der Waals surface area contributed by atoms with Gasteiger partial charge in [0.05, 0.1) is 17.1 Å². The van der Waals surface area contributed by atoms with Crippen molar-refractivity contribution in [2.24, 2.45) is 17.7 Å². The molecule has 2 rings (SSSR count). The minimum atomic E-state index is -0.481. The zero-order chi connectivity index (χ0) is 15.2. The van der Waals surface area contributed by atoms with E-state index in [2.05, 4.69) is 15.7 Å². The zero-order valence-electron chi connectivity index (χ0n) is 11.8. The first-order valence-electron chi connectivity index (χ1n) is 7.12. The van der Waals surface area contributed by atoms with Crippen molar-refractivity contribution >= 4 is 17.3 Å². The van der Waals surface area contributed by atoms with Gasteiger partial charge in [-0.2, -0.15) is 0 Å². The van der Waals surface area contributed by atoms with Crippen molar-refractivity contribution in [3.8, 4) is 0 Å². The van der Waals surface area contributed by atoms with E-state index in [1.807, 2.05) is 0 Å². The standard InChI is InChI=1S/C13H21N5O3/c14-17-13-6-11(18(20)21)5-12(16-13)15-7-9-3-1-2-4-10(9)8-19/h5-6,9-10,19H,1-4,7-8,14H2,(H2,15,16,17). The predicted molar refractivity (Wildman–Crippen MR) is 79.7 cm³/mol. The third-order valence-corrected chi connectivity index (χ3v) is 4.02. The minimum absolute atomic E-state index is 0.0668. The summed E-state index contributed by atoms with van der Waals surface area (Å²) < 4.78 is 0. The van der Waals surface area contributed by atoms with E-state index in [-0.39, 0.29) is 24.0 Å². The molecule has 1 heterocycles. The van der Waals surface area contributed by atoms with Crippen molar-refractivity contribution in [3.63, 3.8) is 0 Å². The quantitative estimate of drug-likeness (QED) is 0.356. The number of nitrogen functional groups attached to an aromatic ring is 1. The molecule has 0 radical (unpaired) electrons. The number of nitro groups is 1. The predicted octanol–water partition coefficient (Wildman–Crippen LogP) is 1.49. The van der Waals surface area contributed by atoms with Crippen LogP contribution in [-0.2, 0) is 0 Å². The summed E-state index contributed by atoms with van der Waals surface area (Å²) in [5.74, 6) is 6.58. The molecule has 8 nitrogen and oxygen atoms in total. The lowest BCUT2D eigenvalue weighted by Crippen LogP contribution is -2.28. The number of aliphatic hydroxyl groups is 1. The number of aromatic nitrogens is 1. The molecular weight excluding hydrogens is 274 g/mol. The molecule has 0 spiro atoms. The van der Waals surface area contributed by atoms with E-state index in [4.69, 9.17) is 5.84 Å². The summed E-state index contributed by atoms with van der Waals surface area (Å²) >= 11 is 0. The molecule has 0 bridgehead atoms. The van der Waals surface area contributed by atoms with Gasteiger partial charge in [-0.05, 0) is 24.7 Å². The van der Waals surface area contributed by atoms with Crippen molar-refractivity contribution in [2.75, 3.05) is 23.9 Å². The topological polar surface area (TPSA) is 126 Å². The highest BCUT2D eigenvalue weighted by Crippen LogP contribution is 2.30. The largest absolute Gasteiger partial charge is 0.396 e. The number of rotatable bonds is 6. The van der Waals surface area contributed by atoms with Crippen molar-refractivity contribution < 1.29 is 10.0 Å². The Morgan fingerprint density at radius 3 is 2.62 bits per heavy atom. The van der Waals surface area contributed by atoms with Crippen LogP contribution in [0.4, 0.5) is 17.3 Å². The van der Waals surface area contributed by atoms with E-state index in [1.54, 1.807) is 0 Å². The molecule has 1 fully saturated rings. The van der Waals surface area contributed by atoms with Gasteiger partial charge in [-0.3, -0.25) is 10.1 Å². The third-order valence-electron chi connectivity index (χ3n) is 4.02. The number of hydrazine groups is 1. The Balaban J connectivity index is 2.04. The molecule has 0 aromatic carbocycles. The van der Waals surface area contributed by atoms with E-state index >= 15 is 0 Å². The van der Waals surface area contributed by atoms with E-state index < -0.39 is 4.92 Å². The van der Waals surface area contributed by atoms with E-state index in [1.165, 1.54) is 12.1 Å². The molecule has 1 aliphatic carbocycles. The molecule has 2 unspecified atom stereocenters. The normalized spacial score (nSPS) is 21.8. The monoisotopic (exact) mass is 295 g/mol. The Kier molecular flexibility index (Phi) is 5.29. The number of nitrogens with two attached hydrogens (primary N) is 1. The van der Waals surface area contributed by atoms with Crippen LogP contribution >= 0.6 is 0 Å². The Bertz CT molecular complexity index is 497. The number of nitrogens with zero attached hydrogens (tertiary/aromatic N) is 2. The minimum Gasteiger partial charge on any atom is -0.396 e. The number of aliphatic hydroxyl groups excluding tert-OH is 1. The average Bonchev–Trinajstić information content (AvgIpc) is 2.52. The molecule has 8 heteroatoms. The van der Waals surface area contributed by atoms with Crippen LogP contribution < -0.4 is 16.6 Å². The van der Waals surface area contributed by atoms with Crippen molar-refractivity contribution in [2.45, 2.75) is 25.7 Å². The fourth-order valence-corrected chi connectivity index (χ4v) is 2.82. The summed E-state index contributed by atoms with van der Waals surface area (Å²) in [5.41, 5.74) is 2.26. The van der Waals surface area contributed by atoms with Crippen LogP contribution in [0, 0.1) is 22.0 Å². The molecule has 2 atom stereocenters. The molecule has 1 aromatic rings. The maximum atomic E-state index is 10.9. The smallest absolute Gasteiger partial charge is 0.276 e. The molecule has 1 aliphatic rings. The van der Waals surface area contributed by atoms with E-state index in [0.29, 0.717) is 18.3 Å². The molecule has 5 N–H and O–H groups in total. The van der Waals surface area contributed by atoms with Crippen LogP contribution in [0.1, 0.15) is 25.7 Å². The first-order chi connectivity index (χ1) is 10.1. The van der Waals surface area contributed by atoms with Crippen molar-refractivity contribution in [1.29, 1.82) is 0 Å². The summed E-state index contributed by atoms with van der Waals surface area (Å²) in [7, 11) is 0.